The highest BCUT2D eigenvalue weighted by molar-refractivity contribution is 5.96. The molecular weight excluding hydrogens is 238 g/mol. The van der Waals surface area contributed by atoms with Crippen LogP contribution in [0.5, 0.6) is 0 Å². The van der Waals surface area contributed by atoms with E-state index in [1.54, 1.807) is 4.90 Å². The van der Waals surface area contributed by atoms with Gasteiger partial charge >= 0.3 is 0 Å². The van der Waals surface area contributed by atoms with Crippen molar-refractivity contribution in [2.45, 2.75) is 19.4 Å². The molecule has 0 saturated carbocycles. The number of carbonyl (C=O) groups is 1. The van der Waals surface area contributed by atoms with Crippen molar-refractivity contribution >= 4 is 11.6 Å². The van der Waals surface area contributed by atoms with Gasteiger partial charge in [-0.15, -0.1) is 0 Å². The normalized spacial score (nSPS) is 18.8. The van der Waals surface area contributed by atoms with Gasteiger partial charge in [0.15, 0.2) is 0 Å². The topological polar surface area (TPSA) is 35.6 Å². The summed E-state index contributed by atoms with van der Waals surface area (Å²) in [6, 6.07) is 8.29. The maximum absolute atomic E-state index is 12.0. The summed E-state index contributed by atoms with van der Waals surface area (Å²) >= 11 is 0. The van der Waals surface area contributed by atoms with E-state index in [2.05, 4.69) is 30.3 Å². The van der Waals surface area contributed by atoms with Crippen molar-refractivity contribution in [1.29, 1.82) is 0 Å². The number of rotatable bonds is 5. The largest absolute Gasteiger partial charge is 0.315 e. The minimum Gasteiger partial charge on any atom is -0.315 e. The molecule has 2 rings (SSSR count). The Bertz CT molecular complexity index is 447. The zero-order valence-electron chi connectivity index (χ0n) is 12.0. The number of benzene rings is 1. The number of para-hydroxylation sites is 1. The Labute approximate surface area is 115 Å². The van der Waals surface area contributed by atoms with Gasteiger partial charge in [0, 0.05) is 38.3 Å². The highest BCUT2D eigenvalue weighted by atomic mass is 16.2. The summed E-state index contributed by atoms with van der Waals surface area (Å²) in [4.78, 5) is 16.0. The Balaban J connectivity index is 2.05. The van der Waals surface area contributed by atoms with Gasteiger partial charge in [0.05, 0.1) is 0 Å². The lowest BCUT2D eigenvalue weighted by Gasteiger charge is -2.32. The molecule has 1 aromatic carbocycles. The van der Waals surface area contributed by atoms with Crippen molar-refractivity contribution in [3.63, 3.8) is 0 Å². The van der Waals surface area contributed by atoms with E-state index < -0.39 is 0 Å². The smallest absolute Gasteiger partial charge is 0.228 e. The molecule has 0 aromatic heterocycles. The summed E-state index contributed by atoms with van der Waals surface area (Å²) in [6.45, 7) is 5.10. The highest BCUT2D eigenvalue weighted by Crippen LogP contribution is 2.33. The molecule has 0 bridgehead atoms. The van der Waals surface area contributed by atoms with Crippen LogP contribution in [0.1, 0.15) is 24.9 Å². The van der Waals surface area contributed by atoms with E-state index in [1.807, 2.05) is 25.2 Å². The molecule has 1 N–H and O–H groups in total. The van der Waals surface area contributed by atoms with Crippen LogP contribution in [0.4, 0.5) is 5.69 Å². The summed E-state index contributed by atoms with van der Waals surface area (Å²) in [5.74, 6) is 0.181. The second kappa shape index (κ2) is 6.17. The van der Waals surface area contributed by atoms with Crippen LogP contribution in [-0.2, 0) is 4.79 Å². The number of anilines is 1. The lowest BCUT2D eigenvalue weighted by molar-refractivity contribution is -0.119. The van der Waals surface area contributed by atoms with Crippen LogP contribution >= 0.6 is 0 Å². The third kappa shape index (κ3) is 3.14. The molecule has 104 valence electrons. The summed E-state index contributed by atoms with van der Waals surface area (Å²) < 4.78 is 0. The fourth-order valence-electron chi connectivity index (χ4n) is 2.41. The zero-order chi connectivity index (χ0) is 13.8. The lowest BCUT2D eigenvalue weighted by atomic mass is 9.96. The van der Waals surface area contributed by atoms with Crippen LogP contribution in [0.25, 0.3) is 0 Å². The number of hydrogen-bond donors (Lipinski definition) is 1. The molecule has 4 heteroatoms. The van der Waals surface area contributed by atoms with Crippen molar-refractivity contribution in [2.24, 2.45) is 0 Å². The van der Waals surface area contributed by atoms with Gasteiger partial charge in [0.25, 0.3) is 0 Å². The van der Waals surface area contributed by atoms with E-state index >= 15 is 0 Å². The second-order valence-corrected chi connectivity index (χ2v) is 5.12. The molecule has 0 spiro atoms. The van der Waals surface area contributed by atoms with Crippen LogP contribution in [0.2, 0.25) is 0 Å². The predicted molar refractivity (Wildman–Crippen MR) is 78.4 cm³/mol. The molecule has 1 aromatic rings. The van der Waals surface area contributed by atoms with Gasteiger partial charge in [-0.25, -0.2) is 0 Å². The lowest BCUT2D eigenvalue weighted by Crippen LogP contribution is -2.39. The minimum absolute atomic E-state index is 0.144. The third-order valence-electron chi connectivity index (χ3n) is 3.85. The van der Waals surface area contributed by atoms with Crippen molar-refractivity contribution in [2.75, 3.05) is 38.6 Å². The summed E-state index contributed by atoms with van der Waals surface area (Å²) in [7, 11) is 3.96. The van der Waals surface area contributed by atoms with Crippen molar-refractivity contribution in [1.82, 2.24) is 10.2 Å². The number of likely N-dealkylation sites (N-methyl/N-ethyl adjacent to an activating group) is 1. The number of hydrogen-bond acceptors (Lipinski definition) is 3. The third-order valence-corrected chi connectivity index (χ3v) is 3.85. The van der Waals surface area contributed by atoms with Crippen molar-refractivity contribution in [3.05, 3.63) is 29.8 Å². The van der Waals surface area contributed by atoms with Crippen LogP contribution in [0, 0.1) is 0 Å². The van der Waals surface area contributed by atoms with Gasteiger partial charge in [-0.05, 0) is 25.2 Å². The first-order valence-corrected chi connectivity index (χ1v) is 6.91. The standard InChI is InChI=1S/C15H23N3O/c1-4-17(2)10-9-16-13-11-15(19)18(3)14-8-6-5-7-12(13)14/h5-8,13,16H,4,9-11H2,1-3H3. The van der Waals surface area contributed by atoms with Crippen LogP contribution < -0.4 is 10.2 Å². The van der Waals surface area contributed by atoms with Crippen molar-refractivity contribution < 1.29 is 4.79 Å². The number of amides is 1. The molecule has 1 aliphatic heterocycles. The molecule has 1 heterocycles. The molecule has 0 aliphatic carbocycles. The molecule has 0 radical (unpaired) electrons. The fourth-order valence-corrected chi connectivity index (χ4v) is 2.41. The molecule has 0 saturated heterocycles. The van der Waals surface area contributed by atoms with Gasteiger partial charge in [0.1, 0.15) is 0 Å². The quantitative estimate of drug-likeness (QED) is 0.875. The molecule has 1 aliphatic rings. The van der Waals surface area contributed by atoms with E-state index in [4.69, 9.17) is 0 Å². The molecule has 0 fully saturated rings. The predicted octanol–water partition coefficient (Wildman–Crippen LogP) is 1.64. The van der Waals surface area contributed by atoms with Crippen LogP contribution in [0.15, 0.2) is 24.3 Å². The Morgan fingerprint density at radius 2 is 2.16 bits per heavy atom. The molecule has 4 nitrogen and oxygen atoms in total. The monoisotopic (exact) mass is 261 g/mol. The Morgan fingerprint density at radius 1 is 1.42 bits per heavy atom. The zero-order valence-corrected chi connectivity index (χ0v) is 12.0. The van der Waals surface area contributed by atoms with Gasteiger partial charge in [0.2, 0.25) is 5.91 Å². The minimum atomic E-state index is 0.144. The molecule has 1 atom stereocenters. The van der Waals surface area contributed by atoms with Crippen LogP contribution in [0.3, 0.4) is 0 Å². The summed E-state index contributed by atoms with van der Waals surface area (Å²) in [5, 5.41) is 3.50. The van der Waals surface area contributed by atoms with E-state index in [9.17, 15) is 4.79 Å². The van der Waals surface area contributed by atoms with Gasteiger partial charge in [-0.1, -0.05) is 25.1 Å². The molecular formula is C15H23N3O. The first kappa shape index (κ1) is 14.0. The maximum atomic E-state index is 12.0. The average molecular weight is 261 g/mol. The first-order chi connectivity index (χ1) is 9.13. The van der Waals surface area contributed by atoms with Crippen LogP contribution in [-0.4, -0.2) is 44.5 Å². The molecule has 1 unspecified atom stereocenters. The maximum Gasteiger partial charge on any atom is 0.228 e. The Kier molecular flexibility index (Phi) is 4.56. The first-order valence-electron chi connectivity index (χ1n) is 6.91. The van der Waals surface area contributed by atoms with E-state index in [0.717, 1.165) is 25.3 Å². The molecule has 1 amide bonds. The fraction of sp³-hybridized carbons (Fsp3) is 0.533. The second-order valence-electron chi connectivity index (χ2n) is 5.12. The van der Waals surface area contributed by atoms with Gasteiger partial charge in [-0.3, -0.25) is 4.79 Å². The Hall–Kier alpha value is -1.39. The highest BCUT2D eigenvalue weighted by Gasteiger charge is 2.28. The molecule has 19 heavy (non-hydrogen) atoms. The number of carbonyl (C=O) groups excluding carboxylic acids is 1. The van der Waals surface area contributed by atoms with Gasteiger partial charge < -0.3 is 15.1 Å². The SMILES string of the molecule is CCN(C)CCNC1CC(=O)N(C)c2ccccc21. The van der Waals surface area contributed by atoms with Gasteiger partial charge in [-0.2, -0.15) is 0 Å². The summed E-state index contributed by atoms with van der Waals surface area (Å²) in [5.41, 5.74) is 2.25. The van der Waals surface area contributed by atoms with Crippen molar-refractivity contribution in [3.8, 4) is 0 Å². The summed E-state index contributed by atoms with van der Waals surface area (Å²) in [6.07, 6.45) is 0.545. The number of nitrogens with zero attached hydrogens (tertiary/aromatic N) is 2. The van der Waals surface area contributed by atoms with E-state index in [-0.39, 0.29) is 11.9 Å². The van der Waals surface area contributed by atoms with E-state index in [0.29, 0.717) is 6.42 Å². The Morgan fingerprint density at radius 3 is 2.89 bits per heavy atom. The van der Waals surface area contributed by atoms with E-state index in [1.165, 1.54) is 5.56 Å². The number of nitrogens with one attached hydrogen (secondary N) is 1. The average Bonchev–Trinajstić information content (AvgIpc) is 2.44. The number of fused-ring (bicyclic) bond motifs is 1.